The van der Waals surface area contributed by atoms with E-state index in [9.17, 15) is 0 Å². The molecule has 1 heterocycles. The van der Waals surface area contributed by atoms with E-state index < -0.39 is 0 Å². The zero-order chi connectivity index (χ0) is 12.5. The average Bonchev–Trinajstić information content (AvgIpc) is 3.05. The summed E-state index contributed by atoms with van der Waals surface area (Å²) in [5, 5.41) is 5.43. The molecule has 0 bridgehead atoms. The van der Waals surface area contributed by atoms with Crippen LogP contribution in [0.4, 0.5) is 0 Å². The Labute approximate surface area is 115 Å². The summed E-state index contributed by atoms with van der Waals surface area (Å²) in [5.74, 6) is 0.563. The third kappa shape index (κ3) is 2.42. The highest BCUT2D eigenvalue weighted by atomic mass is 35.5. The Morgan fingerprint density at radius 3 is 2.78 bits per heavy atom. The van der Waals surface area contributed by atoms with Gasteiger partial charge in [-0.1, -0.05) is 29.3 Å². The minimum Gasteiger partial charge on any atom is -0.228 e. The molecule has 0 N–H and O–H groups in total. The van der Waals surface area contributed by atoms with Gasteiger partial charge in [0.25, 0.3) is 0 Å². The van der Waals surface area contributed by atoms with E-state index in [-0.39, 0.29) is 0 Å². The monoisotopic (exact) mass is 279 g/mol. The van der Waals surface area contributed by atoms with Crippen molar-refractivity contribution in [2.24, 2.45) is 5.92 Å². The second-order valence-electron chi connectivity index (χ2n) is 4.36. The molecule has 1 aliphatic rings. The van der Waals surface area contributed by atoms with Crippen molar-refractivity contribution in [3.05, 3.63) is 46.5 Å². The molecular formula is C13H11Cl2N3. The fourth-order valence-corrected chi connectivity index (χ4v) is 2.46. The summed E-state index contributed by atoms with van der Waals surface area (Å²) in [4.78, 5) is 3.94. The zero-order valence-corrected chi connectivity index (χ0v) is 11.1. The summed E-state index contributed by atoms with van der Waals surface area (Å²) < 4.78 is 1.71. The Bertz CT molecular complexity index is 586. The van der Waals surface area contributed by atoms with Gasteiger partial charge in [-0.25, -0.2) is 9.67 Å². The molecule has 3 nitrogen and oxygen atoms in total. The summed E-state index contributed by atoms with van der Waals surface area (Å²) in [5.41, 5.74) is 2.22. The second kappa shape index (κ2) is 4.75. The highest BCUT2D eigenvalue weighted by molar-refractivity contribution is 6.35. The van der Waals surface area contributed by atoms with Crippen LogP contribution in [-0.2, 0) is 0 Å². The largest absolute Gasteiger partial charge is 0.228 e. The highest BCUT2D eigenvalue weighted by Gasteiger charge is 2.28. The van der Waals surface area contributed by atoms with Gasteiger partial charge in [-0.05, 0) is 42.0 Å². The maximum absolute atomic E-state index is 6.27. The van der Waals surface area contributed by atoms with Crippen LogP contribution in [0.15, 0.2) is 30.9 Å². The van der Waals surface area contributed by atoms with Crippen LogP contribution in [0.2, 0.25) is 10.0 Å². The van der Waals surface area contributed by atoms with Crippen LogP contribution in [0.1, 0.15) is 18.4 Å². The first-order valence-corrected chi connectivity index (χ1v) is 6.51. The normalized spacial score (nSPS) is 16.0. The van der Waals surface area contributed by atoms with Crippen LogP contribution in [0.5, 0.6) is 0 Å². The van der Waals surface area contributed by atoms with Gasteiger partial charge < -0.3 is 0 Å². The maximum atomic E-state index is 6.27. The number of halogens is 2. The molecule has 3 rings (SSSR count). The Morgan fingerprint density at radius 2 is 2.17 bits per heavy atom. The molecule has 0 aliphatic heterocycles. The number of aromatic nitrogens is 3. The van der Waals surface area contributed by atoms with Gasteiger partial charge in [0.2, 0.25) is 0 Å². The van der Waals surface area contributed by atoms with Crippen molar-refractivity contribution in [2.45, 2.75) is 12.8 Å². The Morgan fingerprint density at radius 1 is 1.33 bits per heavy atom. The first-order valence-electron chi connectivity index (χ1n) is 5.75. The van der Waals surface area contributed by atoms with Crippen LogP contribution in [-0.4, -0.2) is 14.8 Å². The molecule has 0 atom stereocenters. The first kappa shape index (κ1) is 11.8. The van der Waals surface area contributed by atoms with Crippen LogP contribution in [0.25, 0.3) is 11.8 Å². The van der Waals surface area contributed by atoms with E-state index in [1.165, 1.54) is 24.7 Å². The molecule has 5 heteroatoms. The molecule has 1 saturated carbocycles. The topological polar surface area (TPSA) is 30.7 Å². The van der Waals surface area contributed by atoms with E-state index in [2.05, 4.69) is 10.1 Å². The molecule has 1 fully saturated rings. The van der Waals surface area contributed by atoms with E-state index in [1.807, 2.05) is 18.3 Å². The van der Waals surface area contributed by atoms with Gasteiger partial charge in [0.05, 0.1) is 0 Å². The van der Waals surface area contributed by atoms with E-state index >= 15 is 0 Å². The van der Waals surface area contributed by atoms with E-state index in [4.69, 9.17) is 23.2 Å². The lowest BCUT2D eigenvalue weighted by molar-refractivity contribution is 0.928. The zero-order valence-electron chi connectivity index (χ0n) is 9.55. The molecule has 2 aromatic rings. The number of rotatable bonds is 3. The van der Waals surface area contributed by atoms with Crippen molar-refractivity contribution >= 4 is 35.0 Å². The van der Waals surface area contributed by atoms with Crippen LogP contribution < -0.4 is 0 Å². The molecule has 0 spiro atoms. The summed E-state index contributed by atoms with van der Waals surface area (Å²) in [6, 6.07) is 5.60. The van der Waals surface area contributed by atoms with Gasteiger partial charge in [0, 0.05) is 16.2 Å². The number of benzene rings is 1. The van der Waals surface area contributed by atoms with Crippen LogP contribution in [0, 0.1) is 5.92 Å². The van der Waals surface area contributed by atoms with E-state index in [0.29, 0.717) is 16.0 Å². The van der Waals surface area contributed by atoms with Gasteiger partial charge in [-0.3, -0.25) is 0 Å². The number of hydrogen-bond acceptors (Lipinski definition) is 2. The summed E-state index contributed by atoms with van der Waals surface area (Å²) in [7, 11) is 0. The standard InChI is InChI=1S/C13H11Cl2N3/c14-10-3-4-11(13(15)5-10)12(9-1-2-9)6-18-8-16-7-17-18/h3-9H,1-2H2. The van der Waals surface area contributed by atoms with Gasteiger partial charge >= 0.3 is 0 Å². The molecule has 0 amide bonds. The molecule has 92 valence electrons. The van der Waals surface area contributed by atoms with Crippen molar-refractivity contribution in [2.75, 3.05) is 0 Å². The Hall–Kier alpha value is -1.32. The number of allylic oxidation sites excluding steroid dienone is 1. The molecule has 0 unspecified atom stereocenters. The van der Waals surface area contributed by atoms with Crippen LogP contribution >= 0.6 is 23.2 Å². The SMILES string of the molecule is Clc1ccc(C(=Cn2cncn2)C2CC2)c(Cl)c1. The lowest BCUT2D eigenvalue weighted by Crippen LogP contribution is -1.94. The quantitative estimate of drug-likeness (QED) is 0.851. The lowest BCUT2D eigenvalue weighted by Gasteiger charge is -2.09. The van der Waals surface area contributed by atoms with Crippen molar-refractivity contribution < 1.29 is 0 Å². The third-order valence-corrected chi connectivity index (χ3v) is 3.52. The van der Waals surface area contributed by atoms with Crippen LogP contribution in [0.3, 0.4) is 0 Å². The first-order chi connectivity index (χ1) is 8.74. The summed E-state index contributed by atoms with van der Waals surface area (Å²) in [6.07, 6.45) is 7.56. The van der Waals surface area contributed by atoms with Gasteiger partial charge in [0.1, 0.15) is 12.7 Å². The molecule has 1 aromatic carbocycles. The minimum atomic E-state index is 0.563. The molecule has 18 heavy (non-hydrogen) atoms. The van der Waals surface area contributed by atoms with Gasteiger partial charge in [0.15, 0.2) is 0 Å². The third-order valence-electron chi connectivity index (χ3n) is 2.97. The van der Waals surface area contributed by atoms with Crippen molar-refractivity contribution in [3.63, 3.8) is 0 Å². The Balaban J connectivity index is 2.04. The summed E-state index contributed by atoms with van der Waals surface area (Å²) in [6.45, 7) is 0. The fourth-order valence-electron chi connectivity index (χ4n) is 1.94. The molecule has 1 aromatic heterocycles. The predicted molar refractivity (Wildman–Crippen MR) is 73.4 cm³/mol. The van der Waals surface area contributed by atoms with Gasteiger partial charge in [-0.2, -0.15) is 5.10 Å². The van der Waals surface area contributed by atoms with Crippen molar-refractivity contribution in [1.29, 1.82) is 0 Å². The Kier molecular flexibility index (Phi) is 3.10. The van der Waals surface area contributed by atoms with E-state index in [1.54, 1.807) is 17.1 Å². The lowest BCUT2D eigenvalue weighted by atomic mass is 10.0. The van der Waals surface area contributed by atoms with Gasteiger partial charge in [-0.15, -0.1) is 0 Å². The van der Waals surface area contributed by atoms with Crippen molar-refractivity contribution in [1.82, 2.24) is 14.8 Å². The summed E-state index contributed by atoms with van der Waals surface area (Å²) >= 11 is 12.2. The average molecular weight is 280 g/mol. The van der Waals surface area contributed by atoms with Crippen molar-refractivity contribution in [3.8, 4) is 0 Å². The molecule has 1 aliphatic carbocycles. The highest BCUT2D eigenvalue weighted by Crippen LogP contribution is 2.44. The molecular weight excluding hydrogens is 269 g/mol. The van der Waals surface area contributed by atoms with E-state index in [0.717, 1.165) is 5.56 Å². The maximum Gasteiger partial charge on any atom is 0.138 e. The number of nitrogens with zero attached hydrogens (tertiary/aromatic N) is 3. The minimum absolute atomic E-state index is 0.563. The predicted octanol–water partition coefficient (Wildman–Crippen LogP) is 3.99. The smallest absolute Gasteiger partial charge is 0.138 e. The number of hydrogen-bond donors (Lipinski definition) is 0. The second-order valence-corrected chi connectivity index (χ2v) is 5.20. The molecule has 0 radical (unpaired) electrons. The molecule has 0 saturated heterocycles. The fraction of sp³-hybridized carbons (Fsp3) is 0.231.